The van der Waals surface area contributed by atoms with Gasteiger partial charge in [-0.25, -0.2) is 0 Å². The molecule has 1 nitrogen and oxygen atoms in total. The molecule has 3 rings (SSSR count). The van der Waals surface area contributed by atoms with Crippen molar-refractivity contribution in [2.24, 2.45) is 0 Å². The quantitative estimate of drug-likeness (QED) is 0.642. The van der Waals surface area contributed by atoms with Crippen molar-refractivity contribution in [2.75, 3.05) is 0 Å². The molecular formula is C12H9O. The van der Waals surface area contributed by atoms with Crippen molar-refractivity contribution >= 4 is 10.8 Å². The van der Waals surface area contributed by atoms with Crippen molar-refractivity contribution in [1.82, 2.24) is 0 Å². The molecule has 1 aliphatic rings. The largest absolute Gasteiger partial charge is 0.381 e. The highest BCUT2D eigenvalue weighted by atomic mass is 16.3. The molecule has 0 spiro atoms. The fourth-order valence-electron chi connectivity index (χ4n) is 2.08. The zero-order chi connectivity index (χ0) is 8.84. The Labute approximate surface area is 76.6 Å². The Kier molecular flexibility index (Phi) is 1.27. The smallest absolute Gasteiger partial charge is 0.127 e. The van der Waals surface area contributed by atoms with Gasteiger partial charge in [0.25, 0.3) is 0 Å². The maximum absolute atomic E-state index is 9.68. The molecule has 0 atom stereocenters. The molecule has 1 heteroatoms. The van der Waals surface area contributed by atoms with Crippen LogP contribution in [0, 0.1) is 6.10 Å². The molecule has 0 aliphatic heterocycles. The Balaban J connectivity index is 2.51. The molecule has 0 bridgehead atoms. The molecule has 1 radical (unpaired) electrons. The molecule has 0 saturated heterocycles. The van der Waals surface area contributed by atoms with E-state index in [0.29, 0.717) is 12.5 Å². The Morgan fingerprint density at radius 2 is 1.77 bits per heavy atom. The zero-order valence-electron chi connectivity index (χ0n) is 7.12. The van der Waals surface area contributed by atoms with Gasteiger partial charge in [0.15, 0.2) is 0 Å². The van der Waals surface area contributed by atoms with E-state index >= 15 is 0 Å². The summed E-state index contributed by atoms with van der Waals surface area (Å²) in [6.07, 6.45) is 1.20. The van der Waals surface area contributed by atoms with E-state index in [2.05, 4.69) is 18.2 Å². The third-order valence-corrected chi connectivity index (χ3v) is 2.66. The summed E-state index contributed by atoms with van der Waals surface area (Å²) in [4.78, 5) is 0. The van der Waals surface area contributed by atoms with E-state index in [-0.39, 0.29) is 0 Å². The van der Waals surface area contributed by atoms with Crippen molar-refractivity contribution in [3.63, 3.8) is 0 Å². The van der Waals surface area contributed by atoms with E-state index in [4.69, 9.17) is 0 Å². The van der Waals surface area contributed by atoms with Crippen LogP contribution < -0.4 is 0 Å². The van der Waals surface area contributed by atoms with Gasteiger partial charge in [-0.2, -0.15) is 0 Å². The van der Waals surface area contributed by atoms with Crippen LogP contribution in [-0.2, 0) is 6.42 Å². The highest BCUT2D eigenvalue weighted by molar-refractivity contribution is 5.92. The van der Waals surface area contributed by atoms with Gasteiger partial charge < -0.3 is 5.11 Å². The summed E-state index contributed by atoms with van der Waals surface area (Å²) in [6.45, 7) is 0. The molecular weight excluding hydrogens is 160 g/mol. The van der Waals surface area contributed by atoms with E-state index in [9.17, 15) is 5.11 Å². The second kappa shape index (κ2) is 2.33. The van der Waals surface area contributed by atoms with E-state index in [1.165, 1.54) is 16.3 Å². The van der Waals surface area contributed by atoms with Crippen LogP contribution in [0.4, 0.5) is 0 Å². The second-order valence-corrected chi connectivity index (χ2v) is 3.44. The summed E-state index contributed by atoms with van der Waals surface area (Å²) in [6, 6.07) is 12.3. The fraction of sp³-hybridized carbons (Fsp3) is 0.0833. The summed E-state index contributed by atoms with van der Waals surface area (Å²) < 4.78 is 0. The Bertz CT molecular complexity index is 468. The maximum Gasteiger partial charge on any atom is 0.127 e. The normalized spacial score (nSPS) is 15.5. The summed E-state index contributed by atoms with van der Waals surface area (Å²) >= 11 is 0. The van der Waals surface area contributed by atoms with Crippen LogP contribution in [0.2, 0.25) is 0 Å². The molecule has 2 aromatic carbocycles. The van der Waals surface area contributed by atoms with Gasteiger partial charge >= 0.3 is 0 Å². The summed E-state index contributed by atoms with van der Waals surface area (Å²) in [5, 5.41) is 12.1. The first-order chi connectivity index (χ1) is 6.36. The van der Waals surface area contributed by atoms with Crippen molar-refractivity contribution in [1.29, 1.82) is 0 Å². The minimum atomic E-state index is 0.506. The lowest BCUT2D eigenvalue weighted by atomic mass is 10.1. The minimum Gasteiger partial charge on any atom is -0.381 e. The number of aliphatic hydroxyl groups is 1. The number of hydrogen-bond donors (Lipinski definition) is 1. The molecule has 1 N–H and O–H groups in total. The lowest BCUT2D eigenvalue weighted by Crippen LogP contribution is -1.93. The number of rotatable bonds is 0. The van der Waals surface area contributed by atoms with Crippen LogP contribution in [0.25, 0.3) is 10.8 Å². The predicted molar refractivity (Wildman–Crippen MR) is 51.9 cm³/mol. The van der Waals surface area contributed by atoms with Gasteiger partial charge in [-0.05, 0) is 21.9 Å². The first-order valence-corrected chi connectivity index (χ1v) is 4.42. The van der Waals surface area contributed by atoms with Crippen molar-refractivity contribution < 1.29 is 5.11 Å². The monoisotopic (exact) mass is 169 g/mol. The van der Waals surface area contributed by atoms with E-state index in [1.54, 1.807) is 0 Å². The SMILES string of the molecule is O[C]1Cc2cccc3cccc1c23. The van der Waals surface area contributed by atoms with E-state index < -0.39 is 0 Å². The van der Waals surface area contributed by atoms with E-state index in [1.807, 2.05) is 18.2 Å². The highest BCUT2D eigenvalue weighted by Crippen LogP contribution is 2.35. The second-order valence-electron chi connectivity index (χ2n) is 3.44. The number of aliphatic hydroxyl groups excluding tert-OH is 1. The van der Waals surface area contributed by atoms with Crippen LogP contribution in [0.3, 0.4) is 0 Å². The van der Waals surface area contributed by atoms with E-state index in [0.717, 1.165) is 5.56 Å². The molecule has 0 aromatic heterocycles. The fourth-order valence-corrected chi connectivity index (χ4v) is 2.08. The first-order valence-electron chi connectivity index (χ1n) is 4.42. The number of hydrogen-bond acceptors (Lipinski definition) is 1. The van der Waals surface area contributed by atoms with Gasteiger partial charge in [-0.1, -0.05) is 36.4 Å². The van der Waals surface area contributed by atoms with Crippen LogP contribution in [0.5, 0.6) is 0 Å². The molecule has 0 fully saturated rings. The van der Waals surface area contributed by atoms with Gasteiger partial charge in [-0.3, -0.25) is 0 Å². The van der Waals surface area contributed by atoms with Crippen LogP contribution in [0.1, 0.15) is 11.1 Å². The minimum absolute atomic E-state index is 0.506. The van der Waals surface area contributed by atoms with Crippen molar-refractivity contribution in [3.05, 3.63) is 53.6 Å². The molecule has 0 unspecified atom stereocenters. The molecule has 0 heterocycles. The summed E-state index contributed by atoms with van der Waals surface area (Å²) in [7, 11) is 0. The van der Waals surface area contributed by atoms with Crippen molar-refractivity contribution in [2.45, 2.75) is 6.42 Å². The molecule has 2 aromatic rings. The summed E-state index contributed by atoms with van der Waals surface area (Å²) in [5.41, 5.74) is 2.25. The molecule has 1 aliphatic carbocycles. The predicted octanol–water partition coefficient (Wildman–Crippen LogP) is 2.65. The molecule has 0 amide bonds. The van der Waals surface area contributed by atoms with Gasteiger partial charge in [0, 0.05) is 6.42 Å². The van der Waals surface area contributed by atoms with Gasteiger partial charge in [0.1, 0.15) is 6.10 Å². The van der Waals surface area contributed by atoms with Gasteiger partial charge in [0.2, 0.25) is 0 Å². The average molecular weight is 169 g/mol. The third kappa shape index (κ3) is 0.850. The Morgan fingerprint density at radius 1 is 1.00 bits per heavy atom. The molecule has 0 saturated carbocycles. The topological polar surface area (TPSA) is 20.2 Å². The molecule has 13 heavy (non-hydrogen) atoms. The first kappa shape index (κ1) is 7.10. The Morgan fingerprint density at radius 3 is 2.62 bits per heavy atom. The Hall–Kier alpha value is -1.34. The summed E-state index contributed by atoms with van der Waals surface area (Å²) in [5.74, 6) is 0. The van der Waals surface area contributed by atoms with Crippen LogP contribution in [-0.4, -0.2) is 5.11 Å². The number of benzene rings is 2. The maximum atomic E-state index is 9.68. The lowest BCUT2D eigenvalue weighted by Gasteiger charge is -2.01. The standard InChI is InChI=1S/C12H9O/c13-11-7-9-5-1-3-8-4-2-6-10(11)12(8)9/h1-6,13H,7H2. The average Bonchev–Trinajstić information content (AvgIpc) is 2.47. The third-order valence-electron chi connectivity index (χ3n) is 2.66. The van der Waals surface area contributed by atoms with Crippen molar-refractivity contribution in [3.8, 4) is 0 Å². The van der Waals surface area contributed by atoms with Gasteiger partial charge in [-0.15, -0.1) is 0 Å². The highest BCUT2D eigenvalue weighted by Gasteiger charge is 2.22. The van der Waals surface area contributed by atoms with Crippen LogP contribution in [0.15, 0.2) is 36.4 Å². The molecule has 63 valence electrons. The zero-order valence-corrected chi connectivity index (χ0v) is 7.12. The van der Waals surface area contributed by atoms with Crippen LogP contribution >= 0.6 is 0 Å². The van der Waals surface area contributed by atoms with Gasteiger partial charge in [0.05, 0.1) is 0 Å². The lowest BCUT2D eigenvalue weighted by molar-refractivity contribution is 0.329.